The van der Waals surface area contributed by atoms with E-state index in [2.05, 4.69) is 41.4 Å². The fourth-order valence-electron chi connectivity index (χ4n) is 2.08. The summed E-state index contributed by atoms with van der Waals surface area (Å²) in [5, 5.41) is 0. The van der Waals surface area contributed by atoms with E-state index in [1.165, 1.54) is 17.1 Å². The lowest BCUT2D eigenvalue weighted by atomic mass is 10.2. The fourth-order valence-corrected chi connectivity index (χ4v) is 3.51. The standard InChI is InChI=1S/C19H26BrNO2S/c1-4-5-6-7-8-9-15-21(16-14-18(3)20)24(22,23)19-12-10-17(2)11-13-19/h10-13H,3-8,14,16H2,1-2H3. The lowest BCUT2D eigenvalue weighted by Gasteiger charge is -2.18. The number of hydrogen-bond donors (Lipinski definition) is 0. The van der Waals surface area contributed by atoms with Crippen molar-refractivity contribution in [1.29, 1.82) is 0 Å². The van der Waals surface area contributed by atoms with Crippen LogP contribution in [0, 0.1) is 18.9 Å². The largest absolute Gasteiger partial charge is 0.270 e. The predicted octanol–water partition coefficient (Wildman–Crippen LogP) is 5.22. The molecule has 0 aliphatic carbocycles. The minimum atomic E-state index is -3.61. The highest BCUT2D eigenvalue weighted by Crippen LogP contribution is 2.18. The summed E-state index contributed by atoms with van der Waals surface area (Å²) in [5.41, 5.74) is 1.02. The summed E-state index contributed by atoms with van der Waals surface area (Å²) in [6, 6.07) is 9.69. The molecule has 3 nitrogen and oxygen atoms in total. The first-order valence-electron chi connectivity index (χ1n) is 8.29. The van der Waals surface area contributed by atoms with Crippen LogP contribution < -0.4 is 0 Å². The van der Waals surface area contributed by atoms with Gasteiger partial charge in [-0.15, -0.1) is 0 Å². The van der Waals surface area contributed by atoms with Gasteiger partial charge in [-0.2, -0.15) is 0 Å². The van der Waals surface area contributed by atoms with Crippen molar-refractivity contribution in [2.75, 3.05) is 6.54 Å². The molecule has 1 aromatic rings. The quantitative estimate of drug-likeness (QED) is 0.317. The van der Waals surface area contributed by atoms with Crippen LogP contribution >= 0.6 is 15.9 Å². The van der Waals surface area contributed by atoms with Gasteiger partial charge < -0.3 is 0 Å². The van der Waals surface area contributed by atoms with Gasteiger partial charge in [0, 0.05) is 19.0 Å². The Bertz CT molecular complexity index is 684. The number of nitrogens with zero attached hydrogens (tertiary/aromatic N) is 1. The van der Waals surface area contributed by atoms with Crippen molar-refractivity contribution in [2.24, 2.45) is 0 Å². The first-order chi connectivity index (χ1) is 11.4. The maximum atomic E-state index is 12.8. The minimum absolute atomic E-state index is 0.272. The van der Waals surface area contributed by atoms with Crippen LogP contribution in [0.1, 0.15) is 51.0 Å². The van der Waals surface area contributed by atoms with Gasteiger partial charge in [0.25, 0.3) is 10.0 Å². The Labute approximate surface area is 155 Å². The first-order valence-corrected chi connectivity index (χ1v) is 10.5. The van der Waals surface area contributed by atoms with E-state index in [0.29, 0.717) is 13.0 Å². The molecule has 0 saturated heterocycles. The zero-order valence-electron chi connectivity index (χ0n) is 14.5. The molecule has 0 N–H and O–H groups in total. The van der Waals surface area contributed by atoms with E-state index in [-0.39, 0.29) is 4.90 Å². The lowest BCUT2D eigenvalue weighted by Crippen LogP contribution is -2.27. The number of unbranched alkanes of at least 4 members (excludes halogenated alkanes) is 4. The van der Waals surface area contributed by atoms with Crippen LogP contribution in [-0.4, -0.2) is 19.3 Å². The molecule has 5 heteroatoms. The van der Waals surface area contributed by atoms with Crippen LogP contribution in [0.3, 0.4) is 0 Å². The van der Waals surface area contributed by atoms with E-state index >= 15 is 0 Å². The number of sulfonamides is 1. The molecule has 1 rings (SSSR count). The smallest absolute Gasteiger partial charge is 0.224 e. The number of aryl methyl sites for hydroxylation is 1. The van der Waals surface area contributed by atoms with Gasteiger partial charge in [0.15, 0.2) is 0 Å². The molecular weight excluding hydrogens is 386 g/mol. The number of hydrogen-bond acceptors (Lipinski definition) is 2. The second-order valence-corrected chi connectivity index (χ2v) is 8.74. The second-order valence-electron chi connectivity index (χ2n) is 5.76. The van der Waals surface area contributed by atoms with E-state index < -0.39 is 10.0 Å². The first kappa shape index (κ1) is 20.8. The van der Waals surface area contributed by atoms with Crippen molar-refractivity contribution in [3.8, 4) is 12.0 Å². The maximum absolute atomic E-state index is 12.8. The molecule has 0 atom stereocenters. The monoisotopic (exact) mass is 411 g/mol. The molecule has 1 aromatic carbocycles. The zero-order chi connectivity index (χ0) is 18.0. The molecule has 0 bridgehead atoms. The van der Waals surface area contributed by atoms with E-state index in [1.54, 1.807) is 24.3 Å². The average molecular weight is 412 g/mol. The Morgan fingerprint density at radius 2 is 1.88 bits per heavy atom. The molecule has 0 aliphatic rings. The minimum Gasteiger partial charge on any atom is -0.224 e. The van der Waals surface area contributed by atoms with Crippen LogP contribution in [0.25, 0.3) is 0 Å². The summed E-state index contributed by atoms with van der Waals surface area (Å²) in [6.07, 6.45) is 5.74. The average Bonchev–Trinajstić information content (AvgIpc) is 2.53. The summed E-state index contributed by atoms with van der Waals surface area (Å²) in [7, 11) is -3.61. The topological polar surface area (TPSA) is 37.4 Å². The van der Waals surface area contributed by atoms with Crippen LogP contribution in [0.5, 0.6) is 0 Å². The molecule has 0 saturated carbocycles. The van der Waals surface area contributed by atoms with E-state index in [1.807, 2.05) is 6.92 Å². The third kappa shape index (κ3) is 7.11. The van der Waals surface area contributed by atoms with Gasteiger partial charge in [-0.25, -0.2) is 12.7 Å². The van der Waals surface area contributed by atoms with Gasteiger partial charge in [-0.05, 0) is 36.4 Å². The Balaban J connectivity index is 2.89. The highest BCUT2D eigenvalue weighted by molar-refractivity contribution is 9.11. The normalized spacial score (nSPS) is 10.8. The molecule has 24 heavy (non-hydrogen) atoms. The molecule has 0 spiro atoms. The molecule has 132 valence electrons. The lowest BCUT2D eigenvalue weighted by molar-refractivity contribution is 0.513. The summed E-state index contributed by atoms with van der Waals surface area (Å²) in [5.74, 6) is 3.01. The summed E-state index contributed by atoms with van der Waals surface area (Å²) in [6.45, 7) is 8.16. The molecule has 0 fully saturated rings. The van der Waals surface area contributed by atoms with Gasteiger partial charge >= 0.3 is 0 Å². The highest BCUT2D eigenvalue weighted by atomic mass is 79.9. The SMILES string of the molecule is C=C(Br)CCN(C#CCCCCCC)S(=O)(=O)c1ccc(C)cc1. The van der Waals surface area contributed by atoms with Crippen molar-refractivity contribution in [3.63, 3.8) is 0 Å². The molecular formula is C19H26BrNO2S. The molecule has 0 aliphatic heterocycles. The molecule has 0 heterocycles. The molecule has 0 unspecified atom stereocenters. The Morgan fingerprint density at radius 3 is 2.46 bits per heavy atom. The van der Waals surface area contributed by atoms with Crippen LogP contribution in [-0.2, 0) is 10.0 Å². The highest BCUT2D eigenvalue weighted by Gasteiger charge is 2.21. The van der Waals surface area contributed by atoms with Crippen molar-refractivity contribution in [2.45, 2.75) is 57.3 Å². The van der Waals surface area contributed by atoms with Crippen molar-refractivity contribution in [3.05, 3.63) is 40.9 Å². The third-order valence-electron chi connectivity index (χ3n) is 3.55. The van der Waals surface area contributed by atoms with Crippen LogP contribution in [0.4, 0.5) is 0 Å². The van der Waals surface area contributed by atoms with Crippen molar-refractivity contribution >= 4 is 26.0 Å². The van der Waals surface area contributed by atoms with Crippen molar-refractivity contribution < 1.29 is 8.42 Å². The summed E-state index contributed by atoms with van der Waals surface area (Å²) in [4.78, 5) is 0.272. The maximum Gasteiger partial charge on any atom is 0.270 e. The van der Waals surface area contributed by atoms with E-state index in [4.69, 9.17) is 0 Å². The Kier molecular flexibility index (Phi) is 9.17. The zero-order valence-corrected chi connectivity index (χ0v) is 16.9. The molecule has 0 aromatic heterocycles. The Hall–Kier alpha value is -1.25. The van der Waals surface area contributed by atoms with Gasteiger partial charge in [-0.1, -0.05) is 72.3 Å². The summed E-state index contributed by atoms with van der Waals surface area (Å²) < 4.78 is 27.6. The van der Waals surface area contributed by atoms with Crippen molar-refractivity contribution in [1.82, 2.24) is 4.31 Å². The second kappa shape index (κ2) is 10.6. The van der Waals surface area contributed by atoms with Gasteiger partial charge in [0.05, 0.1) is 4.90 Å². The Morgan fingerprint density at radius 1 is 1.21 bits per heavy atom. The predicted molar refractivity (Wildman–Crippen MR) is 104 cm³/mol. The van der Waals surface area contributed by atoms with E-state index in [0.717, 1.165) is 29.3 Å². The number of rotatable bonds is 9. The number of benzene rings is 1. The summed E-state index contributed by atoms with van der Waals surface area (Å²) >= 11 is 3.28. The van der Waals surface area contributed by atoms with Gasteiger partial charge in [-0.3, -0.25) is 0 Å². The fraction of sp³-hybridized carbons (Fsp3) is 0.474. The van der Waals surface area contributed by atoms with Gasteiger partial charge in [0.2, 0.25) is 0 Å². The third-order valence-corrected chi connectivity index (χ3v) is 5.67. The van der Waals surface area contributed by atoms with E-state index in [9.17, 15) is 8.42 Å². The van der Waals surface area contributed by atoms with Gasteiger partial charge in [0.1, 0.15) is 0 Å². The number of halogens is 1. The van der Waals surface area contributed by atoms with Crippen LogP contribution in [0.15, 0.2) is 40.2 Å². The van der Waals surface area contributed by atoms with Crippen LogP contribution in [0.2, 0.25) is 0 Å². The molecule has 0 amide bonds. The molecule has 0 radical (unpaired) electrons.